The molecule has 0 atom stereocenters. The second-order valence-corrected chi connectivity index (χ2v) is 9.42. The minimum Gasteiger partial charge on any atom is -0.495 e. The summed E-state index contributed by atoms with van der Waals surface area (Å²) >= 11 is 0. The van der Waals surface area contributed by atoms with Gasteiger partial charge in [-0.1, -0.05) is 31.4 Å². The van der Waals surface area contributed by atoms with Crippen LogP contribution < -0.4 is 20.1 Å². The monoisotopic (exact) mass is 459 g/mol. The Balaban J connectivity index is 1.51. The molecule has 0 aliphatic heterocycles. The van der Waals surface area contributed by atoms with Crippen LogP contribution in [0.3, 0.4) is 0 Å². The minimum absolute atomic E-state index is 0.0202. The van der Waals surface area contributed by atoms with Gasteiger partial charge in [0.1, 0.15) is 5.75 Å². The second-order valence-electron chi connectivity index (χ2n) is 7.74. The van der Waals surface area contributed by atoms with Crippen molar-refractivity contribution in [1.82, 2.24) is 10.6 Å². The molecule has 0 bridgehead atoms. The Hall–Kier alpha value is -3.07. The number of amides is 2. The van der Waals surface area contributed by atoms with Crippen LogP contribution in [0, 0.1) is 0 Å². The highest BCUT2D eigenvalue weighted by atomic mass is 32.2. The number of rotatable bonds is 9. The maximum atomic E-state index is 12.6. The molecule has 1 fully saturated rings. The largest absolute Gasteiger partial charge is 0.495 e. The SMILES string of the molecule is COc1ccccc1NS(=O)(=O)c1ccc(C(=O)NCCC(=O)NC2CCCCC2)cc1. The molecule has 0 unspecified atom stereocenters. The second kappa shape index (κ2) is 11.0. The highest BCUT2D eigenvalue weighted by Crippen LogP contribution is 2.26. The maximum Gasteiger partial charge on any atom is 0.262 e. The summed E-state index contributed by atoms with van der Waals surface area (Å²) in [5.41, 5.74) is 0.636. The molecule has 2 amide bonds. The van der Waals surface area contributed by atoms with Crippen molar-refractivity contribution in [1.29, 1.82) is 0 Å². The molecule has 0 radical (unpaired) electrons. The van der Waals surface area contributed by atoms with Gasteiger partial charge in [0.2, 0.25) is 5.91 Å². The predicted octanol–water partition coefficient (Wildman–Crippen LogP) is 3.06. The van der Waals surface area contributed by atoms with E-state index in [1.807, 2.05) is 0 Å². The average Bonchev–Trinajstić information content (AvgIpc) is 2.80. The number of para-hydroxylation sites is 2. The van der Waals surface area contributed by atoms with E-state index in [9.17, 15) is 18.0 Å². The van der Waals surface area contributed by atoms with Crippen molar-refractivity contribution in [3.8, 4) is 5.75 Å². The number of hydrogen-bond donors (Lipinski definition) is 3. The van der Waals surface area contributed by atoms with Crippen LogP contribution in [0.4, 0.5) is 5.69 Å². The van der Waals surface area contributed by atoms with Crippen LogP contribution in [0.1, 0.15) is 48.9 Å². The van der Waals surface area contributed by atoms with Crippen LogP contribution in [0.2, 0.25) is 0 Å². The lowest BCUT2D eigenvalue weighted by Crippen LogP contribution is -2.38. The van der Waals surface area contributed by atoms with Gasteiger partial charge in [0.05, 0.1) is 17.7 Å². The third kappa shape index (κ3) is 6.46. The fraction of sp³-hybridized carbons (Fsp3) is 0.391. The predicted molar refractivity (Wildman–Crippen MR) is 122 cm³/mol. The number of anilines is 1. The van der Waals surface area contributed by atoms with E-state index in [1.165, 1.54) is 37.8 Å². The van der Waals surface area contributed by atoms with Crippen LogP contribution in [0.15, 0.2) is 53.4 Å². The van der Waals surface area contributed by atoms with E-state index in [0.717, 1.165) is 25.7 Å². The topological polar surface area (TPSA) is 114 Å². The van der Waals surface area contributed by atoms with Crippen molar-refractivity contribution < 1.29 is 22.7 Å². The zero-order chi connectivity index (χ0) is 23.0. The molecule has 2 aromatic carbocycles. The van der Waals surface area contributed by atoms with Gasteiger partial charge in [-0.25, -0.2) is 8.42 Å². The van der Waals surface area contributed by atoms with E-state index in [0.29, 0.717) is 17.0 Å². The highest BCUT2D eigenvalue weighted by molar-refractivity contribution is 7.92. The lowest BCUT2D eigenvalue weighted by molar-refractivity contribution is -0.121. The summed E-state index contributed by atoms with van der Waals surface area (Å²) in [6, 6.07) is 12.5. The number of hydrogen-bond acceptors (Lipinski definition) is 5. The van der Waals surface area contributed by atoms with E-state index in [-0.39, 0.29) is 35.7 Å². The zero-order valence-electron chi connectivity index (χ0n) is 18.1. The molecular formula is C23H29N3O5S. The van der Waals surface area contributed by atoms with Crippen molar-refractivity contribution in [2.75, 3.05) is 18.4 Å². The van der Waals surface area contributed by atoms with E-state index in [1.54, 1.807) is 24.3 Å². The first kappa shape index (κ1) is 23.6. The minimum atomic E-state index is -3.85. The molecule has 1 saturated carbocycles. The molecule has 0 saturated heterocycles. The summed E-state index contributed by atoms with van der Waals surface area (Å²) in [6.45, 7) is 0.215. The van der Waals surface area contributed by atoms with Crippen LogP contribution in [-0.2, 0) is 14.8 Å². The molecule has 172 valence electrons. The van der Waals surface area contributed by atoms with Gasteiger partial charge in [-0.15, -0.1) is 0 Å². The van der Waals surface area contributed by atoms with Crippen molar-refractivity contribution >= 4 is 27.5 Å². The summed E-state index contributed by atoms with van der Waals surface area (Å²) in [7, 11) is -2.39. The van der Waals surface area contributed by atoms with Crippen molar-refractivity contribution in [3.63, 3.8) is 0 Å². The Morgan fingerprint density at radius 2 is 1.69 bits per heavy atom. The van der Waals surface area contributed by atoms with Crippen LogP contribution >= 0.6 is 0 Å². The summed E-state index contributed by atoms with van der Waals surface area (Å²) < 4.78 is 33.0. The van der Waals surface area contributed by atoms with E-state index >= 15 is 0 Å². The Kier molecular flexibility index (Phi) is 8.10. The Morgan fingerprint density at radius 3 is 2.38 bits per heavy atom. The molecule has 2 aromatic rings. The molecule has 0 aromatic heterocycles. The molecule has 0 spiro atoms. The summed E-state index contributed by atoms with van der Waals surface area (Å²) in [4.78, 5) is 24.4. The van der Waals surface area contributed by atoms with E-state index in [2.05, 4.69) is 15.4 Å². The van der Waals surface area contributed by atoms with Crippen molar-refractivity contribution in [2.45, 2.75) is 49.5 Å². The Bertz CT molecular complexity index is 1030. The number of ether oxygens (including phenoxy) is 1. The third-order valence-corrected chi connectivity index (χ3v) is 6.77. The number of carbonyl (C=O) groups excluding carboxylic acids is 2. The first-order valence-corrected chi connectivity index (χ1v) is 12.2. The molecular weight excluding hydrogens is 430 g/mol. The number of nitrogens with one attached hydrogen (secondary N) is 3. The van der Waals surface area contributed by atoms with Gasteiger partial charge in [0, 0.05) is 24.6 Å². The van der Waals surface area contributed by atoms with Gasteiger partial charge < -0.3 is 15.4 Å². The quantitative estimate of drug-likeness (QED) is 0.533. The van der Waals surface area contributed by atoms with Crippen LogP contribution in [0.5, 0.6) is 5.75 Å². The summed E-state index contributed by atoms with van der Waals surface area (Å²) in [5.74, 6) is -0.0299. The van der Waals surface area contributed by atoms with E-state index in [4.69, 9.17) is 4.74 Å². The number of carbonyl (C=O) groups is 2. The fourth-order valence-corrected chi connectivity index (χ4v) is 4.73. The van der Waals surface area contributed by atoms with Gasteiger partial charge in [-0.2, -0.15) is 0 Å². The summed E-state index contributed by atoms with van der Waals surface area (Å²) in [5, 5.41) is 5.71. The molecule has 3 N–H and O–H groups in total. The van der Waals surface area contributed by atoms with E-state index < -0.39 is 10.0 Å². The summed E-state index contributed by atoms with van der Waals surface area (Å²) in [6.07, 6.45) is 5.73. The number of sulfonamides is 1. The van der Waals surface area contributed by atoms with Gasteiger partial charge in [0.25, 0.3) is 15.9 Å². The molecule has 8 nitrogen and oxygen atoms in total. The fourth-order valence-electron chi connectivity index (χ4n) is 3.66. The average molecular weight is 460 g/mol. The standard InChI is InChI=1S/C23H29N3O5S/c1-31-21-10-6-5-9-20(21)26-32(29,30)19-13-11-17(12-14-19)23(28)24-16-15-22(27)25-18-7-3-2-4-8-18/h5-6,9-14,18,26H,2-4,7-8,15-16H2,1H3,(H,24,28)(H,25,27). The van der Waals surface area contributed by atoms with Crippen molar-refractivity contribution in [3.05, 3.63) is 54.1 Å². The van der Waals surface area contributed by atoms with Gasteiger partial charge in [-0.3, -0.25) is 14.3 Å². The molecule has 0 heterocycles. The first-order valence-electron chi connectivity index (χ1n) is 10.7. The zero-order valence-corrected chi connectivity index (χ0v) is 18.9. The lowest BCUT2D eigenvalue weighted by atomic mass is 9.95. The maximum absolute atomic E-state index is 12.6. The molecule has 1 aliphatic rings. The van der Waals surface area contributed by atoms with Crippen LogP contribution in [0.25, 0.3) is 0 Å². The lowest BCUT2D eigenvalue weighted by Gasteiger charge is -2.22. The molecule has 9 heteroatoms. The van der Waals surface area contributed by atoms with Crippen molar-refractivity contribution in [2.24, 2.45) is 0 Å². The Morgan fingerprint density at radius 1 is 1.00 bits per heavy atom. The van der Waals surface area contributed by atoms with Crippen LogP contribution in [-0.4, -0.2) is 39.9 Å². The first-order chi connectivity index (χ1) is 15.4. The third-order valence-electron chi connectivity index (χ3n) is 5.39. The molecule has 1 aliphatic carbocycles. The smallest absolute Gasteiger partial charge is 0.262 e. The highest BCUT2D eigenvalue weighted by Gasteiger charge is 2.18. The van der Waals surface area contributed by atoms with Gasteiger partial charge in [-0.05, 0) is 49.2 Å². The molecule has 32 heavy (non-hydrogen) atoms. The molecule has 3 rings (SSSR count). The Labute approximate surface area is 188 Å². The number of methoxy groups -OCH3 is 1. The number of benzene rings is 2. The van der Waals surface area contributed by atoms with Gasteiger partial charge in [0.15, 0.2) is 0 Å². The normalized spacial score (nSPS) is 14.4. The van der Waals surface area contributed by atoms with Gasteiger partial charge >= 0.3 is 0 Å².